The molecule has 3 nitrogen and oxygen atoms in total. The first-order valence-corrected chi connectivity index (χ1v) is 9.56. The second-order valence-electron chi connectivity index (χ2n) is 6.22. The van der Waals surface area contributed by atoms with Gasteiger partial charge in [0.15, 0.2) is 0 Å². The van der Waals surface area contributed by atoms with Crippen LogP contribution in [0.15, 0.2) is 79.6 Å². The zero-order chi connectivity index (χ0) is 20.8. The van der Waals surface area contributed by atoms with Crippen molar-refractivity contribution in [2.45, 2.75) is 33.0 Å². The summed E-state index contributed by atoms with van der Waals surface area (Å²) in [6.07, 6.45) is 5.67. The Bertz CT molecular complexity index is 796. The maximum Gasteiger partial charge on any atom is 0.138 e. The number of hydrogen-bond acceptors (Lipinski definition) is 3. The van der Waals surface area contributed by atoms with E-state index in [0.717, 1.165) is 35.1 Å². The Labute approximate surface area is 171 Å². The van der Waals surface area contributed by atoms with Gasteiger partial charge in [0.05, 0.1) is 6.61 Å². The first-order chi connectivity index (χ1) is 13.7. The van der Waals surface area contributed by atoms with Crippen LogP contribution >= 0.6 is 9.12 Å². The highest BCUT2D eigenvalue weighted by Gasteiger charge is 2.04. The molecule has 0 saturated heterocycles. The summed E-state index contributed by atoms with van der Waals surface area (Å²) < 4.78 is 19.2. The lowest BCUT2D eigenvalue weighted by Gasteiger charge is -2.11. The summed E-state index contributed by atoms with van der Waals surface area (Å²) in [5.74, 6) is 0.654. The fourth-order valence-electron chi connectivity index (χ4n) is 2.79. The molecule has 0 atom stereocenters. The summed E-state index contributed by atoms with van der Waals surface area (Å²) in [5, 5.41) is 0. The minimum absolute atomic E-state index is 0.522. The van der Waals surface area contributed by atoms with Gasteiger partial charge < -0.3 is 9.47 Å². The van der Waals surface area contributed by atoms with Crippen molar-refractivity contribution in [2.75, 3.05) is 7.11 Å². The Balaban J connectivity index is 0.00000190. The lowest BCUT2D eigenvalue weighted by molar-refractivity contribution is 0.185. The van der Waals surface area contributed by atoms with E-state index >= 15 is 0 Å². The largest absolute Gasteiger partial charge is 0.490 e. The molecule has 0 aliphatic rings. The average Bonchev–Trinajstić information content (AvgIpc) is 2.74. The van der Waals surface area contributed by atoms with Crippen molar-refractivity contribution in [1.82, 2.24) is 0 Å². The van der Waals surface area contributed by atoms with Crippen molar-refractivity contribution in [2.24, 2.45) is 0 Å². The normalized spacial score (nSPS) is 10.6. The third-order valence-electron chi connectivity index (χ3n) is 4.13. The molecule has 2 aromatic rings. The third kappa shape index (κ3) is 8.04. The van der Waals surface area contributed by atoms with Gasteiger partial charge in [0, 0.05) is 7.11 Å². The summed E-state index contributed by atoms with van der Waals surface area (Å²) >= 11 is 0. The van der Waals surface area contributed by atoms with E-state index in [0.29, 0.717) is 19.0 Å². The molecule has 2 aromatic carbocycles. The van der Waals surface area contributed by atoms with E-state index in [1.807, 2.05) is 18.2 Å². The van der Waals surface area contributed by atoms with Gasteiger partial charge >= 0.3 is 0 Å². The predicted octanol–water partition coefficient (Wildman–Crippen LogP) is 6.56. The van der Waals surface area contributed by atoms with E-state index in [2.05, 4.69) is 62.5 Å². The standard InChI is InChI=1S/C24H28O2.HOP/c1-5-9-23(24-13-8-12-22(16-24)17-25-4)14-19(3)26-18-21-11-7-10-20(6-2)15-21;1-2/h5,7-8,10-16H,1,3,6,9,17-18H2,2,4H3;2H/b23-14+;. The Morgan fingerprint density at radius 1 is 1.04 bits per heavy atom. The van der Waals surface area contributed by atoms with Crippen molar-refractivity contribution < 1.29 is 14.0 Å². The highest BCUT2D eigenvalue weighted by Crippen LogP contribution is 2.22. The molecule has 4 heteroatoms. The van der Waals surface area contributed by atoms with E-state index in [9.17, 15) is 0 Å². The van der Waals surface area contributed by atoms with Gasteiger partial charge in [-0.2, -0.15) is 0 Å². The van der Waals surface area contributed by atoms with E-state index < -0.39 is 0 Å². The van der Waals surface area contributed by atoms with E-state index in [1.165, 1.54) is 5.56 Å². The number of ether oxygens (including phenoxy) is 2. The molecule has 0 amide bonds. The highest BCUT2D eigenvalue weighted by atomic mass is 31.0. The van der Waals surface area contributed by atoms with Crippen LogP contribution in [-0.2, 0) is 33.7 Å². The predicted molar refractivity (Wildman–Crippen MR) is 119 cm³/mol. The molecule has 0 unspecified atom stereocenters. The average molecular weight is 396 g/mol. The topological polar surface area (TPSA) is 35.5 Å². The highest BCUT2D eigenvalue weighted by molar-refractivity contribution is 7.00. The van der Waals surface area contributed by atoms with Crippen LogP contribution in [0.25, 0.3) is 5.57 Å². The van der Waals surface area contributed by atoms with Crippen LogP contribution in [0.4, 0.5) is 0 Å². The van der Waals surface area contributed by atoms with Crippen molar-refractivity contribution in [1.29, 1.82) is 0 Å². The van der Waals surface area contributed by atoms with Gasteiger partial charge in [-0.1, -0.05) is 62.0 Å². The lowest BCUT2D eigenvalue weighted by atomic mass is 10.00. The second kappa shape index (κ2) is 13.7. The third-order valence-corrected chi connectivity index (χ3v) is 4.13. The summed E-state index contributed by atoms with van der Waals surface area (Å²) in [6.45, 7) is 11.2. The van der Waals surface area contributed by atoms with Crippen LogP contribution in [0, 0.1) is 0 Å². The van der Waals surface area contributed by atoms with Gasteiger partial charge in [-0.3, -0.25) is 4.57 Å². The molecule has 2 rings (SSSR count). The quantitative estimate of drug-likeness (QED) is 0.197. The van der Waals surface area contributed by atoms with Crippen molar-refractivity contribution in [3.63, 3.8) is 0 Å². The monoisotopic (exact) mass is 396 g/mol. The molecule has 0 radical (unpaired) electrons. The zero-order valence-corrected chi connectivity index (χ0v) is 17.7. The molecule has 28 heavy (non-hydrogen) atoms. The fraction of sp³-hybridized carbons (Fsp3) is 0.250. The molecule has 0 spiro atoms. The van der Waals surface area contributed by atoms with Gasteiger partial charge in [-0.15, -0.1) is 6.58 Å². The van der Waals surface area contributed by atoms with Gasteiger partial charge in [-0.05, 0) is 52.8 Å². The minimum atomic E-state index is 0.522. The summed E-state index contributed by atoms with van der Waals surface area (Å²) in [6, 6.07) is 16.8. The molecule has 0 aromatic heterocycles. The van der Waals surface area contributed by atoms with Crippen molar-refractivity contribution in [3.8, 4) is 0 Å². The Hall–Kier alpha value is -2.48. The van der Waals surface area contributed by atoms with Crippen LogP contribution in [0.5, 0.6) is 0 Å². The Kier molecular flexibility index (Phi) is 11.5. The van der Waals surface area contributed by atoms with Gasteiger partial charge in [0.1, 0.15) is 21.5 Å². The van der Waals surface area contributed by atoms with Crippen molar-refractivity contribution >= 4 is 14.7 Å². The van der Waals surface area contributed by atoms with Crippen LogP contribution in [0.2, 0.25) is 0 Å². The molecule has 0 aliphatic heterocycles. The molecular formula is C24H29O3P. The molecule has 0 bridgehead atoms. The molecule has 0 saturated carbocycles. The van der Waals surface area contributed by atoms with E-state index in [1.54, 1.807) is 16.2 Å². The van der Waals surface area contributed by atoms with Gasteiger partial charge in [0.25, 0.3) is 0 Å². The van der Waals surface area contributed by atoms with Crippen LogP contribution in [0.3, 0.4) is 0 Å². The van der Waals surface area contributed by atoms with Gasteiger partial charge in [-0.25, -0.2) is 0 Å². The molecule has 0 fully saturated rings. The molecule has 148 valence electrons. The second-order valence-corrected chi connectivity index (χ2v) is 6.22. The van der Waals surface area contributed by atoms with Crippen molar-refractivity contribution in [3.05, 3.63) is 102 Å². The SMILES string of the molecule is C=CC/C(=C\C(=C)OCc1cccc(CC)c1)c1cccc(COC)c1.O=P. The molecule has 0 aliphatic carbocycles. The summed E-state index contributed by atoms with van der Waals surface area (Å²) in [7, 11) is 3.43. The smallest absolute Gasteiger partial charge is 0.138 e. The number of hydrogen-bond donors (Lipinski definition) is 0. The Morgan fingerprint density at radius 3 is 2.32 bits per heavy atom. The molecular weight excluding hydrogens is 367 g/mol. The summed E-state index contributed by atoms with van der Waals surface area (Å²) in [5.41, 5.74) is 5.88. The van der Waals surface area contributed by atoms with Crippen LogP contribution in [0.1, 0.15) is 35.6 Å². The molecule has 0 heterocycles. The van der Waals surface area contributed by atoms with E-state index in [-0.39, 0.29) is 0 Å². The van der Waals surface area contributed by atoms with Crippen LogP contribution in [-0.4, -0.2) is 7.11 Å². The fourth-order valence-corrected chi connectivity index (χ4v) is 2.79. The Morgan fingerprint density at radius 2 is 1.68 bits per heavy atom. The summed E-state index contributed by atoms with van der Waals surface area (Å²) in [4.78, 5) is 0. The maximum atomic E-state index is 8.06. The van der Waals surface area contributed by atoms with Crippen LogP contribution < -0.4 is 0 Å². The number of benzene rings is 2. The minimum Gasteiger partial charge on any atom is -0.490 e. The van der Waals surface area contributed by atoms with E-state index in [4.69, 9.17) is 14.0 Å². The first-order valence-electron chi connectivity index (χ1n) is 9.16. The number of rotatable bonds is 10. The number of methoxy groups -OCH3 is 1. The van der Waals surface area contributed by atoms with Gasteiger partial charge in [0.2, 0.25) is 0 Å². The lowest BCUT2D eigenvalue weighted by Crippen LogP contribution is -1.94. The molecule has 0 N–H and O–H groups in total. The maximum absolute atomic E-state index is 8.06. The first kappa shape index (κ1) is 23.6. The number of allylic oxidation sites excluding steroid dienone is 3. The zero-order valence-electron chi connectivity index (χ0n) is 16.7. The number of aryl methyl sites for hydroxylation is 1.